The number of aromatic amines is 1. The van der Waals surface area contributed by atoms with Crippen molar-refractivity contribution in [1.29, 1.82) is 0 Å². The maximum atomic E-state index is 12.7. The molecule has 0 saturated heterocycles. The van der Waals surface area contributed by atoms with Crippen LogP contribution in [0, 0.1) is 5.21 Å². The number of halogens is 3. The first-order valence-corrected chi connectivity index (χ1v) is 8.99. The molecular weight excluding hydrogens is 385 g/mol. The second-order valence-electron chi connectivity index (χ2n) is 6.94. The fourth-order valence-electron chi connectivity index (χ4n) is 3.38. The molecule has 1 aromatic carbocycles. The molecule has 0 unspecified atom stereocenters. The third kappa shape index (κ3) is 4.14. The van der Waals surface area contributed by atoms with Gasteiger partial charge in [0.1, 0.15) is 5.82 Å². The summed E-state index contributed by atoms with van der Waals surface area (Å²) in [5, 5.41) is 11.1. The van der Waals surface area contributed by atoms with E-state index >= 15 is 0 Å². The highest BCUT2D eigenvalue weighted by Gasteiger charge is 2.30. The van der Waals surface area contributed by atoms with Crippen LogP contribution in [0.4, 0.5) is 13.2 Å². The third-order valence-electron chi connectivity index (χ3n) is 4.91. The number of nitrogens with zero attached hydrogens (tertiary/aromatic N) is 3. The predicted molar refractivity (Wildman–Crippen MR) is 98.5 cm³/mol. The number of pyridine rings is 1. The standard InChI is InChI=1S/C20H17F3N4O2/c21-20(22,23)15-3-1-14(2-4-15)18-24-17-7-8-26(12-16(17)19(28)25-18)11-13-5-9-27(29)10-6-13/h1-6,9-10H,7-8,11-12H2,(H,24,25,28). The molecule has 0 bridgehead atoms. The van der Waals surface area contributed by atoms with Crippen LogP contribution < -0.4 is 10.3 Å². The highest BCUT2D eigenvalue weighted by molar-refractivity contribution is 5.56. The van der Waals surface area contributed by atoms with Crippen LogP contribution in [0.1, 0.15) is 22.4 Å². The van der Waals surface area contributed by atoms with Gasteiger partial charge in [0.25, 0.3) is 5.56 Å². The molecule has 3 heterocycles. The number of rotatable bonds is 3. The maximum absolute atomic E-state index is 12.7. The minimum Gasteiger partial charge on any atom is -0.619 e. The SMILES string of the molecule is O=c1[nH]c(-c2ccc(C(F)(F)F)cc2)nc2c1CN(Cc1cc[n+]([O-])cc1)CC2. The lowest BCUT2D eigenvalue weighted by Gasteiger charge is -2.27. The van der Waals surface area contributed by atoms with E-state index in [4.69, 9.17) is 0 Å². The average molecular weight is 402 g/mol. The zero-order valence-corrected chi connectivity index (χ0v) is 15.2. The number of hydrogen-bond donors (Lipinski definition) is 1. The molecule has 0 spiro atoms. The largest absolute Gasteiger partial charge is 0.619 e. The summed E-state index contributed by atoms with van der Waals surface area (Å²) in [6.07, 6.45) is -0.998. The molecule has 0 radical (unpaired) electrons. The number of H-pyrrole nitrogens is 1. The van der Waals surface area contributed by atoms with E-state index in [9.17, 15) is 23.2 Å². The van der Waals surface area contributed by atoms with Gasteiger partial charge in [0, 0.05) is 43.8 Å². The molecule has 4 rings (SSSR count). The Bertz CT molecular complexity index is 1080. The van der Waals surface area contributed by atoms with E-state index in [0.29, 0.717) is 47.6 Å². The van der Waals surface area contributed by atoms with Gasteiger partial charge in [-0.3, -0.25) is 9.69 Å². The van der Waals surface area contributed by atoms with Crippen molar-refractivity contribution in [1.82, 2.24) is 14.9 Å². The fraction of sp³-hybridized carbons (Fsp3) is 0.250. The van der Waals surface area contributed by atoms with E-state index in [2.05, 4.69) is 14.9 Å². The summed E-state index contributed by atoms with van der Waals surface area (Å²) in [6, 6.07) is 8.03. The van der Waals surface area contributed by atoms with E-state index in [1.807, 2.05) is 0 Å². The number of aromatic nitrogens is 3. The van der Waals surface area contributed by atoms with Crippen molar-refractivity contribution in [3.05, 3.63) is 86.7 Å². The second kappa shape index (κ2) is 7.32. The number of alkyl halides is 3. The summed E-state index contributed by atoms with van der Waals surface area (Å²) in [5.74, 6) is 0.263. The molecule has 0 saturated carbocycles. The first-order chi connectivity index (χ1) is 13.8. The van der Waals surface area contributed by atoms with Crippen LogP contribution in [-0.4, -0.2) is 21.4 Å². The summed E-state index contributed by atoms with van der Waals surface area (Å²) in [4.78, 5) is 21.8. The number of nitrogens with one attached hydrogen (secondary N) is 1. The molecular formula is C20H17F3N4O2. The van der Waals surface area contributed by atoms with Gasteiger partial charge in [0.2, 0.25) is 0 Å². The van der Waals surface area contributed by atoms with Crippen molar-refractivity contribution in [3.63, 3.8) is 0 Å². The topological polar surface area (TPSA) is 75.9 Å². The van der Waals surface area contributed by atoms with Crippen molar-refractivity contribution in [2.24, 2.45) is 0 Å². The van der Waals surface area contributed by atoms with Gasteiger partial charge >= 0.3 is 6.18 Å². The fourth-order valence-corrected chi connectivity index (χ4v) is 3.38. The summed E-state index contributed by atoms with van der Waals surface area (Å²) >= 11 is 0. The molecule has 150 valence electrons. The van der Waals surface area contributed by atoms with Gasteiger partial charge < -0.3 is 10.2 Å². The molecule has 0 atom stereocenters. The summed E-state index contributed by atoms with van der Waals surface area (Å²) < 4.78 is 38.9. The van der Waals surface area contributed by atoms with Crippen LogP contribution in [0.3, 0.4) is 0 Å². The van der Waals surface area contributed by atoms with Crippen molar-refractivity contribution in [2.75, 3.05) is 6.54 Å². The number of fused-ring (bicyclic) bond motifs is 1. The van der Waals surface area contributed by atoms with Crippen LogP contribution in [0.15, 0.2) is 53.6 Å². The van der Waals surface area contributed by atoms with Gasteiger partial charge in [0.15, 0.2) is 12.4 Å². The van der Waals surface area contributed by atoms with Crippen LogP contribution >= 0.6 is 0 Å². The highest BCUT2D eigenvalue weighted by Crippen LogP contribution is 2.30. The third-order valence-corrected chi connectivity index (χ3v) is 4.91. The minimum absolute atomic E-state index is 0.263. The smallest absolute Gasteiger partial charge is 0.416 e. The zero-order chi connectivity index (χ0) is 20.6. The Morgan fingerprint density at radius 2 is 1.83 bits per heavy atom. The van der Waals surface area contributed by atoms with Crippen molar-refractivity contribution in [3.8, 4) is 11.4 Å². The van der Waals surface area contributed by atoms with E-state index < -0.39 is 11.7 Å². The summed E-state index contributed by atoms with van der Waals surface area (Å²) in [6.45, 7) is 1.69. The first-order valence-electron chi connectivity index (χ1n) is 8.99. The lowest BCUT2D eigenvalue weighted by molar-refractivity contribution is -0.605. The monoisotopic (exact) mass is 402 g/mol. The molecule has 6 nitrogen and oxygen atoms in total. The number of benzene rings is 1. The Morgan fingerprint density at radius 1 is 1.14 bits per heavy atom. The lowest BCUT2D eigenvalue weighted by Crippen LogP contribution is -2.35. The average Bonchev–Trinajstić information content (AvgIpc) is 2.69. The molecule has 1 aliphatic rings. The quantitative estimate of drug-likeness (QED) is 0.540. The van der Waals surface area contributed by atoms with E-state index in [0.717, 1.165) is 17.7 Å². The summed E-state index contributed by atoms with van der Waals surface area (Å²) in [5.41, 5.74) is 1.56. The summed E-state index contributed by atoms with van der Waals surface area (Å²) in [7, 11) is 0. The molecule has 9 heteroatoms. The molecule has 0 amide bonds. The second-order valence-corrected chi connectivity index (χ2v) is 6.94. The Hall–Kier alpha value is -3.20. The van der Waals surface area contributed by atoms with E-state index in [1.165, 1.54) is 24.5 Å². The van der Waals surface area contributed by atoms with Crippen molar-refractivity contribution in [2.45, 2.75) is 25.7 Å². The molecule has 1 N–H and O–H groups in total. The minimum atomic E-state index is -4.41. The number of hydrogen-bond acceptors (Lipinski definition) is 4. The van der Waals surface area contributed by atoms with Gasteiger partial charge in [-0.15, -0.1) is 0 Å². The molecule has 0 fully saturated rings. The van der Waals surface area contributed by atoms with Gasteiger partial charge in [0.05, 0.1) is 16.8 Å². The van der Waals surface area contributed by atoms with E-state index in [1.54, 1.807) is 12.1 Å². The maximum Gasteiger partial charge on any atom is 0.416 e. The Labute approximate surface area is 163 Å². The molecule has 2 aromatic heterocycles. The van der Waals surface area contributed by atoms with E-state index in [-0.39, 0.29) is 11.4 Å². The molecule has 3 aromatic rings. The van der Waals surface area contributed by atoms with Crippen LogP contribution in [0.25, 0.3) is 11.4 Å². The Balaban J connectivity index is 1.55. The molecule has 1 aliphatic heterocycles. The van der Waals surface area contributed by atoms with Crippen LogP contribution in [0.2, 0.25) is 0 Å². The molecule has 29 heavy (non-hydrogen) atoms. The molecule has 0 aliphatic carbocycles. The van der Waals surface area contributed by atoms with Crippen molar-refractivity contribution < 1.29 is 17.9 Å². The highest BCUT2D eigenvalue weighted by atomic mass is 19.4. The lowest BCUT2D eigenvalue weighted by atomic mass is 10.1. The van der Waals surface area contributed by atoms with Gasteiger partial charge in [-0.25, -0.2) is 4.98 Å². The van der Waals surface area contributed by atoms with Gasteiger partial charge in [-0.2, -0.15) is 17.9 Å². The van der Waals surface area contributed by atoms with Gasteiger partial charge in [-0.05, 0) is 17.7 Å². The van der Waals surface area contributed by atoms with Crippen LogP contribution in [0.5, 0.6) is 0 Å². The normalized spacial score (nSPS) is 14.6. The van der Waals surface area contributed by atoms with Crippen molar-refractivity contribution >= 4 is 0 Å². The zero-order valence-electron chi connectivity index (χ0n) is 15.2. The van der Waals surface area contributed by atoms with Gasteiger partial charge in [-0.1, -0.05) is 12.1 Å². The van der Waals surface area contributed by atoms with Crippen LogP contribution in [-0.2, 0) is 25.7 Å². The Morgan fingerprint density at radius 3 is 2.48 bits per heavy atom. The first kappa shape index (κ1) is 19.1. The predicted octanol–water partition coefficient (Wildman–Crippen LogP) is 2.65. The Kier molecular flexibility index (Phi) is 4.83.